The van der Waals surface area contributed by atoms with Crippen molar-refractivity contribution in [3.63, 3.8) is 0 Å². The van der Waals surface area contributed by atoms with Gasteiger partial charge >= 0.3 is 0 Å². The molecule has 0 aliphatic carbocycles. The first-order valence-corrected chi connectivity index (χ1v) is 6.46. The van der Waals surface area contributed by atoms with E-state index in [2.05, 4.69) is 30.2 Å². The lowest BCUT2D eigenvalue weighted by Crippen LogP contribution is -2.14. The van der Waals surface area contributed by atoms with Gasteiger partial charge in [-0.3, -0.25) is 4.79 Å². The molecule has 0 aliphatic rings. The van der Waals surface area contributed by atoms with Crippen LogP contribution in [0.15, 0.2) is 18.7 Å². The second-order valence-corrected chi connectivity index (χ2v) is 4.79. The van der Waals surface area contributed by atoms with E-state index in [9.17, 15) is 4.79 Å². The number of fused-ring (bicyclic) bond motifs is 1. The third-order valence-corrected chi connectivity index (χ3v) is 3.37. The Kier molecular flexibility index (Phi) is 3.09. The summed E-state index contributed by atoms with van der Waals surface area (Å²) in [5, 5.41) is 3.60. The zero-order valence-electron chi connectivity index (χ0n) is 11.9. The second kappa shape index (κ2) is 4.93. The van der Waals surface area contributed by atoms with Crippen LogP contribution in [0.1, 0.15) is 27.4 Å². The number of rotatable bonds is 2. The van der Waals surface area contributed by atoms with E-state index < -0.39 is 0 Å². The van der Waals surface area contributed by atoms with Crippen LogP contribution in [-0.4, -0.2) is 30.8 Å². The summed E-state index contributed by atoms with van der Waals surface area (Å²) in [5.74, 6) is 0.800. The van der Waals surface area contributed by atoms with E-state index in [0.29, 0.717) is 22.9 Å². The van der Waals surface area contributed by atoms with E-state index in [1.54, 1.807) is 6.92 Å². The molecule has 0 radical (unpaired) electrons. The van der Waals surface area contributed by atoms with Crippen molar-refractivity contribution in [3.05, 3.63) is 41.4 Å². The Morgan fingerprint density at radius 3 is 2.52 bits per heavy atom. The van der Waals surface area contributed by atoms with Crippen molar-refractivity contribution in [1.82, 2.24) is 24.9 Å². The van der Waals surface area contributed by atoms with Crippen molar-refractivity contribution in [2.24, 2.45) is 0 Å². The molecule has 0 aliphatic heterocycles. The average Bonchev–Trinajstić information content (AvgIpc) is 2.76. The molecule has 7 heteroatoms. The highest BCUT2D eigenvalue weighted by atomic mass is 16.1. The number of carbonyl (C=O) groups is 1. The number of nitrogens with one attached hydrogen (secondary N) is 2. The summed E-state index contributed by atoms with van der Waals surface area (Å²) in [6.07, 6.45) is 4.40. The molecule has 0 spiro atoms. The van der Waals surface area contributed by atoms with E-state index in [-0.39, 0.29) is 5.91 Å². The SMILES string of the molecule is Cc1ncc(C(=O)Nc2ncnc3[nH]c(C)c(C)c23)cn1. The lowest BCUT2D eigenvalue weighted by Gasteiger charge is -2.05. The summed E-state index contributed by atoms with van der Waals surface area (Å²) in [5.41, 5.74) is 3.11. The molecule has 3 heterocycles. The number of hydrogen-bond donors (Lipinski definition) is 2. The molecule has 3 rings (SSSR count). The maximum Gasteiger partial charge on any atom is 0.259 e. The zero-order valence-corrected chi connectivity index (χ0v) is 11.9. The number of aromatic nitrogens is 5. The normalized spacial score (nSPS) is 10.8. The topological polar surface area (TPSA) is 96.5 Å². The molecule has 3 aromatic rings. The van der Waals surface area contributed by atoms with Gasteiger partial charge in [0.1, 0.15) is 23.6 Å². The second-order valence-electron chi connectivity index (χ2n) is 4.79. The smallest absolute Gasteiger partial charge is 0.259 e. The minimum atomic E-state index is -0.298. The number of aryl methyl sites for hydroxylation is 3. The number of carbonyl (C=O) groups excluding carboxylic acids is 1. The van der Waals surface area contributed by atoms with Crippen molar-refractivity contribution in [1.29, 1.82) is 0 Å². The summed E-state index contributed by atoms with van der Waals surface area (Å²) in [6.45, 7) is 5.68. The first-order chi connectivity index (χ1) is 10.1. The van der Waals surface area contributed by atoms with Crippen LogP contribution in [0.2, 0.25) is 0 Å². The summed E-state index contributed by atoms with van der Waals surface area (Å²) in [7, 11) is 0. The van der Waals surface area contributed by atoms with Crippen LogP contribution < -0.4 is 5.32 Å². The van der Waals surface area contributed by atoms with Crippen LogP contribution >= 0.6 is 0 Å². The summed E-state index contributed by atoms with van der Waals surface area (Å²) < 4.78 is 0. The molecule has 0 atom stereocenters. The highest BCUT2D eigenvalue weighted by Gasteiger charge is 2.14. The summed E-state index contributed by atoms with van der Waals surface area (Å²) in [6, 6.07) is 0. The predicted molar refractivity (Wildman–Crippen MR) is 78.1 cm³/mol. The molecule has 0 aromatic carbocycles. The molecule has 0 fully saturated rings. The van der Waals surface area contributed by atoms with Crippen LogP contribution in [0.5, 0.6) is 0 Å². The lowest BCUT2D eigenvalue weighted by atomic mass is 10.2. The monoisotopic (exact) mass is 282 g/mol. The van der Waals surface area contributed by atoms with E-state index in [1.807, 2.05) is 13.8 Å². The largest absolute Gasteiger partial charge is 0.343 e. The Bertz CT molecular complexity index is 821. The van der Waals surface area contributed by atoms with Crippen LogP contribution in [0.3, 0.4) is 0 Å². The van der Waals surface area contributed by atoms with Gasteiger partial charge in [0.15, 0.2) is 0 Å². The highest BCUT2D eigenvalue weighted by molar-refractivity contribution is 6.07. The van der Waals surface area contributed by atoms with Gasteiger partial charge in [-0.15, -0.1) is 0 Å². The fourth-order valence-electron chi connectivity index (χ4n) is 2.08. The van der Waals surface area contributed by atoms with Gasteiger partial charge in [-0.1, -0.05) is 0 Å². The van der Waals surface area contributed by atoms with Gasteiger partial charge in [0.25, 0.3) is 5.91 Å². The fraction of sp³-hybridized carbons (Fsp3) is 0.214. The number of hydrogen-bond acceptors (Lipinski definition) is 5. The van der Waals surface area contributed by atoms with Crippen LogP contribution in [-0.2, 0) is 0 Å². The van der Waals surface area contributed by atoms with Crippen LogP contribution in [0, 0.1) is 20.8 Å². The van der Waals surface area contributed by atoms with E-state index in [4.69, 9.17) is 0 Å². The molecule has 3 aromatic heterocycles. The average molecular weight is 282 g/mol. The zero-order chi connectivity index (χ0) is 15.0. The molecule has 1 amide bonds. The maximum atomic E-state index is 12.2. The van der Waals surface area contributed by atoms with E-state index in [1.165, 1.54) is 18.7 Å². The third kappa shape index (κ3) is 2.33. The van der Waals surface area contributed by atoms with Gasteiger partial charge in [0, 0.05) is 18.1 Å². The minimum absolute atomic E-state index is 0.298. The standard InChI is InChI=1S/C14H14N6O/c1-7-8(2)19-12-11(7)13(18-6-17-12)20-14(21)10-4-15-9(3)16-5-10/h4-6H,1-3H3,(H2,17,18,19,20,21). The quantitative estimate of drug-likeness (QED) is 0.748. The number of amides is 1. The van der Waals surface area contributed by atoms with Crippen molar-refractivity contribution >= 4 is 22.8 Å². The molecular weight excluding hydrogens is 268 g/mol. The first kappa shape index (κ1) is 13.2. The van der Waals surface area contributed by atoms with Crippen LogP contribution in [0.4, 0.5) is 5.82 Å². The Morgan fingerprint density at radius 1 is 1.10 bits per heavy atom. The van der Waals surface area contributed by atoms with Crippen molar-refractivity contribution < 1.29 is 4.79 Å². The van der Waals surface area contributed by atoms with E-state index in [0.717, 1.165) is 16.6 Å². The minimum Gasteiger partial charge on any atom is -0.343 e. The summed E-state index contributed by atoms with van der Waals surface area (Å²) in [4.78, 5) is 31.7. The van der Waals surface area contributed by atoms with Gasteiger partial charge < -0.3 is 10.3 Å². The number of nitrogens with zero attached hydrogens (tertiary/aromatic N) is 4. The molecule has 0 saturated heterocycles. The molecule has 0 saturated carbocycles. The molecule has 0 bridgehead atoms. The number of anilines is 1. The lowest BCUT2D eigenvalue weighted by molar-refractivity contribution is 0.102. The molecule has 0 unspecified atom stereocenters. The van der Waals surface area contributed by atoms with Gasteiger partial charge in [-0.25, -0.2) is 19.9 Å². The molecule has 21 heavy (non-hydrogen) atoms. The van der Waals surface area contributed by atoms with E-state index >= 15 is 0 Å². The number of aromatic amines is 1. The molecule has 2 N–H and O–H groups in total. The Labute approximate surface area is 120 Å². The predicted octanol–water partition coefficient (Wildman–Crippen LogP) is 1.93. The summed E-state index contributed by atoms with van der Waals surface area (Å²) >= 11 is 0. The highest BCUT2D eigenvalue weighted by Crippen LogP contribution is 2.25. The van der Waals surface area contributed by atoms with Gasteiger partial charge in [0.2, 0.25) is 0 Å². The molecular formula is C14H14N6O. The van der Waals surface area contributed by atoms with Gasteiger partial charge in [-0.05, 0) is 26.3 Å². The Morgan fingerprint density at radius 2 is 1.81 bits per heavy atom. The van der Waals surface area contributed by atoms with Crippen LogP contribution in [0.25, 0.3) is 11.0 Å². The van der Waals surface area contributed by atoms with Gasteiger partial charge in [-0.2, -0.15) is 0 Å². The third-order valence-electron chi connectivity index (χ3n) is 3.37. The van der Waals surface area contributed by atoms with Crippen molar-refractivity contribution in [3.8, 4) is 0 Å². The maximum absolute atomic E-state index is 12.2. The fourth-order valence-corrected chi connectivity index (χ4v) is 2.08. The Balaban J connectivity index is 1.98. The van der Waals surface area contributed by atoms with Crippen molar-refractivity contribution in [2.45, 2.75) is 20.8 Å². The molecule has 106 valence electrons. The Hall–Kier alpha value is -2.83. The first-order valence-electron chi connectivity index (χ1n) is 6.46. The van der Waals surface area contributed by atoms with Crippen molar-refractivity contribution in [2.75, 3.05) is 5.32 Å². The molecule has 7 nitrogen and oxygen atoms in total. The van der Waals surface area contributed by atoms with Gasteiger partial charge in [0.05, 0.1) is 10.9 Å². The number of H-pyrrole nitrogens is 1.